The van der Waals surface area contributed by atoms with Crippen molar-refractivity contribution in [2.75, 3.05) is 6.61 Å². The van der Waals surface area contributed by atoms with E-state index in [1.807, 2.05) is 0 Å². The zero-order valence-corrected chi connectivity index (χ0v) is 7.38. The molecule has 0 aromatic heterocycles. The van der Waals surface area contributed by atoms with Crippen molar-refractivity contribution in [3.63, 3.8) is 0 Å². The average Bonchev–Trinajstić information content (AvgIpc) is 2.06. The number of carbonyl (C=O) groups excluding carboxylic acids is 1. The molecule has 0 saturated carbocycles. The van der Waals surface area contributed by atoms with Gasteiger partial charge in [0.15, 0.2) is 0 Å². The molecule has 1 saturated heterocycles. The van der Waals surface area contributed by atoms with Crippen molar-refractivity contribution in [3.05, 3.63) is 0 Å². The van der Waals surface area contributed by atoms with Crippen molar-refractivity contribution in [3.8, 4) is 0 Å². The zero-order valence-electron chi connectivity index (χ0n) is 7.38. The summed E-state index contributed by atoms with van der Waals surface area (Å²) in [5.74, 6) is -0.118. The fourth-order valence-electron chi connectivity index (χ4n) is 1.33. The fraction of sp³-hybridized carbons (Fsp3) is 0.875. The number of Topliss-reactive ketones (excluding diaryl/α,β-unsaturated/α-hetero) is 1. The molecular formula is C8H14O5. The molecule has 0 aliphatic carbocycles. The first-order chi connectivity index (χ1) is 6.02. The molecule has 3 N–H and O–H groups in total. The monoisotopic (exact) mass is 190 g/mol. The van der Waals surface area contributed by atoms with Gasteiger partial charge in [-0.3, -0.25) is 4.79 Å². The third-order valence-corrected chi connectivity index (χ3v) is 2.09. The van der Waals surface area contributed by atoms with E-state index in [2.05, 4.69) is 0 Å². The highest BCUT2D eigenvalue weighted by atomic mass is 16.5. The first-order valence-electron chi connectivity index (χ1n) is 4.17. The van der Waals surface area contributed by atoms with Crippen LogP contribution in [-0.4, -0.2) is 52.1 Å². The van der Waals surface area contributed by atoms with E-state index in [9.17, 15) is 15.0 Å². The molecule has 0 bridgehead atoms. The molecule has 1 rings (SSSR count). The molecule has 1 aliphatic heterocycles. The summed E-state index contributed by atoms with van der Waals surface area (Å²) in [6.07, 6.45) is -4.12. The van der Waals surface area contributed by atoms with Crippen molar-refractivity contribution in [2.24, 2.45) is 0 Å². The van der Waals surface area contributed by atoms with Gasteiger partial charge < -0.3 is 20.1 Å². The molecule has 0 spiro atoms. The van der Waals surface area contributed by atoms with Crippen LogP contribution >= 0.6 is 0 Å². The summed E-state index contributed by atoms with van der Waals surface area (Å²) in [5, 5.41) is 27.7. The Morgan fingerprint density at radius 3 is 2.54 bits per heavy atom. The summed E-state index contributed by atoms with van der Waals surface area (Å²) in [4.78, 5) is 10.7. The van der Waals surface area contributed by atoms with Gasteiger partial charge in [0.05, 0.1) is 12.7 Å². The Hall–Kier alpha value is -0.490. The van der Waals surface area contributed by atoms with Crippen molar-refractivity contribution < 1.29 is 24.9 Å². The van der Waals surface area contributed by atoms with E-state index in [-0.39, 0.29) is 18.8 Å². The molecule has 76 valence electrons. The summed E-state index contributed by atoms with van der Waals surface area (Å²) in [7, 11) is 0. The topological polar surface area (TPSA) is 87.0 Å². The predicted molar refractivity (Wildman–Crippen MR) is 43.1 cm³/mol. The molecule has 5 nitrogen and oxygen atoms in total. The summed E-state index contributed by atoms with van der Waals surface area (Å²) < 4.78 is 5.00. The molecule has 0 aromatic rings. The number of carbonyl (C=O) groups is 1. The molecule has 1 aliphatic rings. The van der Waals surface area contributed by atoms with Crippen LogP contribution in [0.1, 0.15) is 13.3 Å². The second-order valence-electron chi connectivity index (χ2n) is 3.33. The Kier molecular flexibility index (Phi) is 3.38. The van der Waals surface area contributed by atoms with Crippen LogP contribution in [0.2, 0.25) is 0 Å². The maximum atomic E-state index is 10.7. The highest BCUT2D eigenvalue weighted by Crippen LogP contribution is 2.17. The highest BCUT2D eigenvalue weighted by molar-refractivity contribution is 5.76. The molecule has 5 heteroatoms. The van der Waals surface area contributed by atoms with Gasteiger partial charge in [0.1, 0.15) is 24.1 Å². The third-order valence-electron chi connectivity index (χ3n) is 2.09. The van der Waals surface area contributed by atoms with E-state index >= 15 is 0 Å². The Labute approximate surface area is 75.9 Å². The lowest BCUT2D eigenvalue weighted by Crippen LogP contribution is -2.53. The Balaban J connectivity index is 2.53. The molecule has 1 heterocycles. The summed E-state index contributed by atoms with van der Waals surface area (Å²) in [6.45, 7) is 1.34. The molecule has 4 atom stereocenters. The number of rotatable bonds is 2. The van der Waals surface area contributed by atoms with Gasteiger partial charge in [0, 0.05) is 6.42 Å². The van der Waals surface area contributed by atoms with E-state index in [0.717, 1.165) is 0 Å². The van der Waals surface area contributed by atoms with E-state index in [0.29, 0.717) is 0 Å². The van der Waals surface area contributed by atoms with Gasteiger partial charge >= 0.3 is 0 Å². The Morgan fingerprint density at radius 2 is 2.00 bits per heavy atom. The van der Waals surface area contributed by atoms with Gasteiger partial charge in [-0.05, 0) is 6.92 Å². The number of aliphatic hydroxyl groups is 3. The van der Waals surface area contributed by atoms with Crippen LogP contribution < -0.4 is 0 Å². The highest BCUT2D eigenvalue weighted by Gasteiger charge is 2.37. The van der Waals surface area contributed by atoms with Crippen molar-refractivity contribution in [1.29, 1.82) is 0 Å². The van der Waals surface area contributed by atoms with Crippen molar-refractivity contribution in [1.82, 2.24) is 0 Å². The average molecular weight is 190 g/mol. The maximum absolute atomic E-state index is 10.7. The van der Waals surface area contributed by atoms with E-state index in [4.69, 9.17) is 9.84 Å². The van der Waals surface area contributed by atoms with Gasteiger partial charge in [-0.1, -0.05) is 0 Å². The van der Waals surface area contributed by atoms with E-state index in [1.165, 1.54) is 6.92 Å². The molecule has 0 amide bonds. The molecule has 1 fully saturated rings. The van der Waals surface area contributed by atoms with Gasteiger partial charge in [-0.15, -0.1) is 0 Å². The number of ketones is 1. The first-order valence-corrected chi connectivity index (χ1v) is 4.17. The zero-order chi connectivity index (χ0) is 10.0. The fourth-order valence-corrected chi connectivity index (χ4v) is 1.33. The van der Waals surface area contributed by atoms with Gasteiger partial charge in [0.2, 0.25) is 0 Å². The minimum atomic E-state index is -1.22. The molecule has 2 unspecified atom stereocenters. The number of aliphatic hydroxyl groups excluding tert-OH is 3. The minimum Gasteiger partial charge on any atom is -0.388 e. The lowest BCUT2D eigenvalue weighted by Gasteiger charge is -2.34. The Morgan fingerprint density at radius 1 is 1.38 bits per heavy atom. The summed E-state index contributed by atoms with van der Waals surface area (Å²) in [5.41, 5.74) is 0. The minimum absolute atomic E-state index is 0.0455. The van der Waals surface area contributed by atoms with Crippen molar-refractivity contribution >= 4 is 5.78 Å². The van der Waals surface area contributed by atoms with Crippen molar-refractivity contribution in [2.45, 2.75) is 37.8 Å². The smallest absolute Gasteiger partial charge is 0.132 e. The van der Waals surface area contributed by atoms with Crippen LogP contribution in [0.25, 0.3) is 0 Å². The van der Waals surface area contributed by atoms with Crippen LogP contribution in [0, 0.1) is 0 Å². The largest absolute Gasteiger partial charge is 0.388 e. The standard InChI is InChI=1S/C8H14O5/c1-4(9)2-6-8(12)7(11)5(10)3-13-6/h5-8,10-12H,2-3H2,1H3/t5-,6?,7?,8+/m1/s1. The number of ether oxygens (including phenoxy) is 1. The number of hydrogen-bond donors (Lipinski definition) is 3. The van der Waals surface area contributed by atoms with Crippen LogP contribution in [0.4, 0.5) is 0 Å². The van der Waals surface area contributed by atoms with E-state index in [1.54, 1.807) is 0 Å². The van der Waals surface area contributed by atoms with Crippen LogP contribution in [0.3, 0.4) is 0 Å². The molecular weight excluding hydrogens is 176 g/mol. The first kappa shape index (κ1) is 10.6. The molecule has 0 radical (unpaired) electrons. The third kappa shape index (κ3) is 2.47. The number of hydrogen-bond acceptors (Lipinski definition) is 5. The summed E-state index contributed by atoms with van der Waals surface area (Å²) >= 11 is 0. The lowest BCUT2D eigenvalue weighted by molar-refractivity contribution is -0.188. The second-order valence-corrected chi connectivity index (χ2v) is 3.33. The van der Waals surface area contributed by atoms with Gasteiger partial charge in [-0.2, -0.15) is 0 Å². The quantitative estimate of drug-likeness (QED) is 0.490. The van der Waals surface area contributed by atoms with Gasteiger partial charge in [-0.25, -0.2) is 0 Å². The SMILES string of the molecule is CC(=O)CC1OC[C@@H](O)C(O)[C@H]1O. The molecule has 0 aromatic carbocycles. The second kappa shape index (κ2) is 4.15. The van der Waals surface area contributed by atoms with Crippen LogP contribution in [-0.2, 0) is 9.53 Å². The summed E-state index contributed by atoms with van der Waals surface area (Å²) in [6, 6.07) is 0. The maximum Gasteiger partial charge on any atom is 0.132 e. The predicted octanol–water partition coefficient (Wildman–Crippen LogP) is -1.55. The normalized spacial score (nSPS) is 40.3. The van der Waals surface area contributed by atoms with Crippen LogP contribution in [0.15, 0.2) is 0 Å². The molecule has 13 heavy (non-hydrogen) atoms. The lowest BCUT2D eigenvalue weighted by atomic mass is 9.97. The van der Waals surface area contributed by atoms with Crippen LogP contribution in [0.5, 0.6) is 0 Å². The van der Waals surface area contributed by atoms with E-state index < -0.39 is 24.4 Å². The Bertz CT molecular complexity index is 193. The van der Waals surface area contributed by atoms with Gasteiger partial charge in [0.25, 0.3) is 0 Å².